The number of ether oxygens (including phenoxy) is 1. The molecule has 2 fully saturated rings. The first kappa shape index (κ1) is 16.6. The number of nitrogens with two attached hydrogens (primary N) is 1. The highest BCUT2D eigenvalue weighted by atomic mass is 16.5. The van der Waals surface area contributed by atoms with Crippen LogP contribution in [0, 0.1) is 0 Å². The highest BCUT2D eigenvalue weighted by Crippen LogP contribution is 2.34. The zero-order chi connectivity index (χ0) is 17.1. The number of aryl methyl sites for hydroxylation is 2. The highest BCUT2D eigenvalue weighted by Gasteiger charge is 2.35. The smallest absolute Gasteiger partial charge is 0.227 e. The first-order valence-electron chi connectivity index (χ1n) is 9.59. The minimum absolute atomic E-state index is 0.378. The minimum Gasteiger partial charge on any atom is -0.490 e. The van der Waals surface area contributed by atoms with Crippen molar-refractivity contribution in [2.45, 2.75) is 75.9 Å². The molecule has 25 heavy (non-hydrogen) atoms. The summed E-state index contributed by atoms with van der Waals surface area (Å²) in [5.74, 6) is 2.33. The van der Waals surface area contributed by atoms with Crippen molar-refractivity contribution in [1.29, 1.82) is 0 Å². The van der Waals surface area contributed by atoms with E-state index < -0.39 is 0 Å². The second-order valence-corrected chi connectivity index (χ2v) is 7.55. The molecule has 2 aliphatic carbocycles. The number of rotatable bonds is 6. The Morgan fingerprint density at radius 2 is 1.92 bits per heavy atom. The highest BCUT2D eigenvalue weighted by molar-refractivity contribution is 5.29. The standard InChI is InChI=1S/C20H27N3O2/c21-20(12-3-4-13-20)19-22-18(25-23-19)11-10-15-6-5-9-17(14-15)24-16-7-1-2-8-16/h5-6,9,14,16H,1-4,7-8,10-13,21H2. The van der Waals surface area contributed by atoms with Crippen molar-refractivity contribution in [1.82, 2.24) is 10.1 Å². The Kier molecular flexibility index (Phi) is 4.75. The normalized spacial score (nSPS) is 20.2. The fourth-order valence-corrected chi connectivity index (χ4v) is 4.01. The van der Waals surface area contributed by atoms with Gasteiger partial charge in [-0.1, -0.05) is 30.1 Å². The molecule has 2 saturated carbocycles. The minimum atomic E-state index is -0.378. The molecule has 4 rings (SSSR count). The number of hydrogen-bond donors (Lipinski definition) is 1. The van der Waals surface area contributed by atoms with Gasteiger partial charge in [0.15, 0.2) is 5.82 Å². The van der Waals surface area contributed by atoms with Crippen molar-refractivity contribution < 1.29 is 9.26 Å². The van der Waals surface area contributed by atoms with Crippen molar-refractivity contribution in [3.63, 3.8) is 0 Å². The van der Waals surface area contributed by atoms with Crippen LogP contribution in [0.5, 0.6) is 5.75 Å². The topological polar surface area (TPSA) is 74.2 Å². The molecular formula is C20H27N3O2. The van der Waals surface area contributed by atoms with Gasteiger partial charge < -0.3 is 15.0 Å². The second kappa shape index (κ2) is 7.16. The van der Waals surface area contributed by atoms with Gasteiger partial charge in [0.05, 0.1) is 11.6 Å². The maximum absolute atomic E-state index is 6.40. The van der Waals surface area contributed by atoms with E-state index in [-0.39, 0.29) is 5.54 Å². The molecule has 0 spiro atoms. The van der Waals surface area contributed by atoms with E-state index in [1.165, 1.54) is 31.2 Å². The number of benzene rings is 1. The average Bonchev–Trinajstić information content (AvgIpc) is 3.35. The van der Waals surface area contributed by atoms with Gasteiger partial charge in [0.25, 0.3) is 0 Å². The molecule has 0 atom stereocenters. The van der Waals surface area contributed by atoms with Gasteiger partial charge in [0.1, 0.15) is 5.75 Å². The third kappa shape index (κ3) is 3.87. The van der Waals surface area contributed by atoms with Gasteiger partial charge in [-0.3, -0.25) is 0 Å². The second-order valence-electron chi connectivity index (χ2n) is 7.55. The van der Waals surface area contributed by atoms with Crippen LogP contribution >= 0.6 is 0 Å². The molecule has 2 aliphatic rings. The van der Waals surface area contributed by atoms with Gasteiger partial charge in [-0.05, 0) is 62.6 Å². The van der Waals surface area contributed by atoms with Crippen LogP contribution in [0.25, 0.3) is 0 Å². The maximum Gasteiger partial charge on any atom is 0.227 e. The summed E-state index contributed by atoms with van der Waals surface area (Å²) in [6.45, 7) is 0. The molecule has 0 saturated heterocycles. The lowest BCUT2D eigenvalue weighted by molar-refractivity contribution is 0.210. The summed E-state index contributed by atoms with van der Waals surface area (Å²) in [6, 6.07) is 8.37. The van der Waals surface area contributed by atoms with Crippen molar-refractivity contribution in [2.24, 2.45) is 5.73 Å². The fourth-order valence-electron chi connectivity index (χ4n) is 4.01. The zero-order valence-corrected chi connectivity index (χ0v) is 14.7. The van der Waals surface area contributed by atoms with Crippen LogP contribution in [-0.2, 0) is 18.4 Å². The molecule has 0 bridgehead atoms. The summed E-state index contributed by atoms with van der Waals surface area (Å²) < 4.78 is 11.5. The monoisotopic (exact) mass is 341 g/mol. The Morgan fingerprint density at radius 3 is 2.72 bits per heavy atom. The first-order valence-corrected chi connectivity index (χ1v) is 9.59. The molecule has 134 valence electrons. The number of aromatic nitrogens is 2. The lowest BCUT2D eigenvalue weighted by Crippen LogP contribution is -2.34. The molecule has 0 amide bonds. The Bertz CT molecular complexity index is 700. The molecule has 0 unspecified atom stereocenters. The molecule has 0 aliphatic heterocycles. The Morgan fingerprint density at radius 1 is 1.12 bits per heavy atom. The van der Waals surface area contributed by atoms with E-state index in [0.717, 1.165) is 44.3 Å². The van der Waals surface area contributed by atoms with Gasteiger partial charge in [-0.2, -0.15) is 4.98 Å². The van der Waals surface area contributed by atoms with Crippen molar-refractivity contribution >= 4 is 0 Å². The van der Waals surface area contributed by atoms with E-state index in [1.807, 2.05) is 6.07 Å². The van der Waals surface area contributed by atoms with Crippen molar-refractivity contribution in [3.05, 3.63) is 41.5 Å². The van der Waals surface area contributed by atoms with Crippen LogP contribution in [0.3, 0.4) is 0 Å². The molecule has 0 radical (unpaired) electrons. The lowest BCUT2D eigenvalue weighted by Gasteiger charge is -2.17. The van der Waals surface area contributed by atoms with Gasteiger partial charge in [0, 0.05) is 6.42 Å². The third-order valence-corrected chi connectivity index (χ3v) is 5.54. The van der Waals surface area contributed by atoms with Crippen LogP contribution in [0.4, 0.5) is 0 Å². The summed E-state index contributed by atoms with van der Waals surface area (Å²) in [4.78, 5) is 4.55. The van der Waals surface area contributed by atoms with E-state index in [1.54, 1.807) is 0 Å². The Balaban J connectivity index is 1.36. The first-order chi connectivity index (χ1) is 12.2. The van der Waals surface area contributed by atoms with Gasteiger partial charge in [-0.15, -0.1) is 0 Å². The largest absolute Gasteiger partial charge is 0.490 e. The summed E-state index contributed by atoms with van der Waals surface area (Å²) in [5, 5.41) is 4.13. The maximum atomic E-state index is 6.40. The average molecular weight is 341 g/mol. The van der Waals surface area contributed by atoms with E-state index >= 15 is 0 Å². The van der Waals surface area contributed by atoms with Crippen molar-refractivity contribution in [2.75, 3.05) is 0 Å². The van der Waals surface area contributed by atoms with Crippen LogP contribution in [0.2, 0.25) is 0 Å². The molecule has 2 N–H and O–H groups in total. The van der Waals surface area contributed by atoms with Crippen LogP contribution in [-0.4, -0.2) is 16.2 Å². The Labute approximate surface area is 148 Å². The molecule has 5 nitrogen and oxygen atoms in total. The predicted octanol–water partition coefficient (Wildman–Crippen LogP) is 3.90. The summed E-state index contributed by atoms with van der Waals surface area (Å²) in [6.07, 6.45) is 11.1. The van der Waals surface area contributed by atoms with E-state index in [2.05, 4.69) is 28.3 Å². The molecule has 5 heteroatoms. The van der Waals surface area contributed by atoms with Crippen LogP contribution in [0.1, 0.15) is 68.6 Å². The number of nitrogens with zero attached hydrogens (tertiary/aromatic N) is 2. The molecule has 2 aromatic rings. The van der Waals surface area contributed by atoms with E-state index in [9.17, 15) is 0 Å². The Hall–Kier alpha value is -1.88. The summed E-state index contributed by atoms with van der Waals surface area (Å²) >= 11 is 0. The molecular weight excluding hydrogens is 314 g/mol. The summed E-state index contributed by atoms with van der Waals surface area (Å²) in [5.41, 5.74) is 7.25. The molecule has 1 heterocycles. The lowest BCUT2D eigenvalue weighted by atomic mass is 9.99. The van der Waals surface area contributed by atoms with E-state index in [0.29, 0.717) is 17.8 Å². The number of hydrogen-bond acceptors (Lipinski definition) is 5. The summed E-state index contributed by atoms with van der Waals surface area (Å²) in [7, 11) is 0. The quantitative estimate of drug-likeness (QED) is 0.862. The van der Waals surface area contributed by atoms with Gasteiger partial charge >= 0.3 is 0 Å². The van der Waals surface area contributed by atoms with Crippen LogP contribution < -0.4 is 10.5 Å². The van der Waals surface area contributed by atoms with Gasteiger partial charge in [0.2, 0.25) is 5.89 Å². The zero-order valence-electron chi connectivity index (χ0n) is 14.7. The SMILES string of the molecule is NC1(c2noc(CCc3cccc(OC4CCCC4)c3)n2)CCCC1. The van der Waals surface area contributed by atoms with Crippen molar-refractivity contribution in [3.8, 4) is 5.75 Å². The fraction of sp³-hybridized carbons (Fsp3) is 0.600. The van der Waals surface area contributed by atoms with Gasteiger partial charge in [-0.25, -0.2) is 0 Å². The van der Waals surface area contributed by atoms with E-state index in [4.69, 9.17) is 15.0 Å². The molecule has 1 aromatic carbocycles. The van der Waals surface area contributed by atoms with Crippen LogP contribution in [0.15, 0.2) is 28.8 Å². The predicted molar refractivity (Wildman–Crippen MR) is 95.4 cm³/mol. The third-order valence-electron chi connectivity index (χ3n) is 5.54. The molecule has 1 aromatic heterocycles.